The van der Waals surface area contributed by atoms with E-state index in [1.165, 1.54) is 18.6 Å². The summed E-state index contributed by atoms with van der Waals surface area (Å²) in [5, 5.41) is 19.0. The summed E-state index contributed by atoms with van der Waals surface area (Å²) in [5.74, 6) is 0.473. The van der Waals surface area contributed by atoms with Gasteiger partial charge in [-0.25, -0.2) is 19.7 Å². The zero-order chi connectivity index (χ0) is 20.8. The van der Waals surface area contributed by atoms with Gasteiger partial charge in [0.2, 0.25) is 5.95 Å². The van der Waals surface area contributed by atoms with Crippen LogP contribution in [0.4, 0.5) is 22.2 Å². The van der Waals surface area contributed by atoms with E-state index in [1.54, 1.807) is 6.20 Å². The van der Waals surface area contributed by atoms with Gasteiger partial charge in [-0.1, -0.05) is 30.3 Å². The molecule has 9 heteroatoms. The Labute approximate surface area is 172 Å². The quantitative estimate of drug-likeness (QED) is 0.391. The number of urea groups is 1. The van der Waals surface area contributed by atoms with E-state index in [9.17, 15) is 9.90 Å². The molecule has 9 nitrogen and oxygen atoms in total. The Morgan fingerprint density at radius 1 is 1.00 bits per heavy atom. The molecular weight excluding hydrogens is 382 g/mol. The summed E-state index contributed by atoms with van der Waals surface area (Å²) >= 11 is 0. The number of aliphatic hydroxyl groups is 1. The number of nitrogens with zero attached hydrogens (tertiary/aromatic N) is 4. The van der Waals surface area contributed by atoms with Gasteiger partial charge in [0.1, 0.15) is 0 Å². The van der Waals surface area contributed by atoms with Crippen LogP contribution in [0.25, 0.3) is 10.9 Å². The van der Waals surface area contributed by atoms with Gasteiger partial charge in [0, 0.05) is 29.7 Å². The van der Waals surface area contributed by atoms with E-state index in [2.05, 4.69) is 35.9 Å². The Bertz CT molecular complexity index is 1140. The SMILES string of the molecule is O=C(Nc1cnccn1)Nc1ncc2ccc(N[C@H](CO)c3ccccc3)cc2n1. The van der Waals surface area contributed by atoms with Gasteiger partial charge >= 0.3 is 6.03 Å². The molecule has 2 amide bonds. The van der Waals surface area contributed by atoms with Crippen LogP contribution in [0.1, 0.15) is 11.6 Å². The van der Waals surface area contributed by atoms with Gasteiger partial charge in [0.05, 0.1) is 24.4 Å². The van der Waals surface area contributed by atoms with Crippen LogP contribution in [0.5, 0.6) is 0 Å². The number of benzene rings is 2. The number of rotatable bonds is 6. The van der Waals surface area contributed by atoms with E-state index in [1.807, 2.05) is 48.5 Å². The number of hydrogen-bond donors (Lipinski definition) is 4. The molecule has 0 saturated carbocycles. The Hall–Kier alpha value is -4.11. The van der Waals surface area contributed by atoms with Gasteiger partial charge in [-0.2, -0.15) is 0 Å². The first kappa shape index (κ1) is 19.2. The van der Waals surface area contributed by atoms with E-state index < -0.39 is 6.03 Å². The summed E-state index contributed by atoms with van der Waals surface area (Å²) in [6.07, 6.45) is 6.06. The van der Waals surface area contributed by atoms with Crippen molar-refractivity contribution in [3.05, 3.63) is 78.9 Å². The maximum Gasteiger partial charge on any atom is 0.327 e. The lowest BCUT2D eigenvalue weighted by Gasteiger charge is -2.18. The maximum atomic E-state index is 12.1. The zero-order valence-electron chi connectivity index (χ0n) is 15.9. The minimum atomic E-state index is -0.520. The average molecular weight is 401 g/mol. The summed E-state index contributed by atoms with van der Waals surface area (Å²) in [6.45, 7) is -0.0544. The molecule has 0 aliphatic rings. The van der Waals surface area contributed by atoms with Gasteiger partial charge in [0.15, 0.2) is 5.82 Å². The van der Waals surface area contributed by atoms with Crippen molar-refractivity contribution in [3.63, 3.8) is 0 Å². The number of hydrogen-bond acceptors (Lipinski definition) is 7. The molecule has 150 valence electrons. The Balaban J connectivity index is 1.50. The molecule has 4 N–H and O–H groups in total. The van der Waals surface area contributed by atoms with Crippen molar-refractivity contribution in [3.8, 4) is 0 Å². The van der Waals surface area contributed by atoms with Crippen molar-refractivity contribution in [1.29, 1.82) is 0 Å². The number of anilines is 3. The molecule has 0 bridgehead atoms. The maximum absolute atomic E-state index is 12.1. The fourth-order valence-corrected chi connectivity index (χ4v) is 2.91. The average Bonchev–Trinajstić information content (AvgIpc) is 2.78. The molecule has 0 saturated heterocycles. The molecule has 2 aromatic heterocycles. The van der Waals surface area contributed by atoms with E-state index in [0.717, 1.165) is 16.6 Å². The number of fused-ring (bicyclic) bond motifs is 1. The molecule has 2 heterocycles. The third kappa shape index (κ3) is 4.65. The highest BCUT2D eigenvalue weighted by atomic mass is 16.3. The van der Waals surface area contributed by atoms with Crippen LogP contribution < -0.4 is 16.0 Å². The molecule has 0 aliphatic carbocycles. The van der Waals surface area contributed by atoms with Crippen LogP contribution >= 0.6 is 0 Å². The van der Waals surface area contributed by atoms with Crippen molar-refractivity contribution >= 4 is 34.4 Å². The summed E-state index contributed by atoms with van der Waals surface area (Å²) in [4.78, 5) is 28.5. The lowest BCUT2D eigenvalue weighted by Crippen LogP contribution is -2.21. The standard InChI is InChI=1S/C21H19N7O2/c29-13-18(14-4-2-1-3-5-14)25-16-7-6-15-11-24-20(26-17(15)10-16)28-21(30)27-19-12-22-8-9-23-19/h1-12,18,25,29H,13H2,(H2,23,24,26,27,28,30)/t18-/m1/s1. The van der Waals surface area contributed by atoms with Crippen LogP contribution in [0.3, 0.4) is 0 Å². The molecule has 0 spiro atoms. The number of carbonyl (C=O) groups is 1. The van der Waals surface area contributed by atoms with E-state index in [-0.39, 0.29) is 18.6 Å². The van der Waals surface area contributed by atoms with Crippen LogP contribution in [-0.4, -0.2) is 37.7 Å². The van der Waals surface area contributed by atoms with E-state index in [0.29, 0.717) is 11.3 Å². The second kappa shape index (κ2) is 8.93. The first-order chi connectivity index (χ1) is 14.7. The smallest absolute Gasteiger partial charge is 0.327 e. The monoisotopic (exact) mass is 401 g/mol. The van der Waals surface area contributed by atoms with Gasteiger partial charge in [-0.3, -0.25) is 15.6 Å². The molecule has 0 fully saturated rings. The number of amides is 2. The van der Waals surface area contributed by atoms with Crippen molar-refractivity contribution < 1.29 is 9.90 Å². The first-order valence-corrected chi connectivity index (χ1v) is 9.24. The Morgan fingerprint density at radius 2 is 1.87 bits per heavy atom. The van der Waals surface area contributed by atoms with Crippen LogP contribution in [0, 0.1) is 0 Å². The molecule has 2 aromatic carbocycles. The van der Waals surface area contributed by atoms with Crippen LogP contribution in [0.2, 0.25) is 0 Å². The fourth-order valence-electron chi connectivity index (χ4n) is 2.91. The molecule has 0 aliphatic heterocycles. The summed E-state index contributed by atoms with van der Waals surface area (Å²) < 4.78 is 0. The predicted molar refractivity (Wildman–Crippen MR) is 114 cm³/mol. The first-order valence-electron chi connectivity index (χ1n) is 9.24. The second-order valence-corrected chi connectivity index (χ2v) is 6.43. The van der Waals surface area contributed by atoms with Gasteiger partial charge in [-0.05, 0) is 23.8 Å². The highest BCUT2D eigenvalue weighted by molar-refractivity contribution is 5.98. The van der Waals surface area contributed by atoms with Crippen molar-refractivity contribution in [2.75, 3.05) is 22.6 Å². The molecule has 0 unspecified atom stereocenters. The summed E-state index contributed by atoms with van der Waals surface area (Å²) in [7, 11) is 0. The molecule has 4 rings (SSSR count). The van der Waals surface area contributed by atoms with Gasteiger partial charge < -0.3 is 10.4 Å². The summed E-state index contributed by atoms with van der Waals surface area (Å²) in [6, 6.07) is 14.5. The Morgan fingerprint density at radius 3 is 2.63 bits per heavy atom. The molecule has 1 atom stereocenters. The number of nitrogens with one attached hydrogen (secondary N) is 3. The minimum absolute atomic E-state index is 0.0544. The third-order valence-corrected chi connectivity index (χ3v) is 4.34. The molecule has 0 radical (unpaired) electrons. The number of aliphatic hydroxyl groups excluding tert-OH is 1. The highest BCUT2D eigenvalue weighted by Gasteiger charge is 2.11. The topological polar surface area (TPSA) is 125 Å². The lowest BCUT2D eigenvalue weighted by atomic mass is 10.1. The summed E-state index contributed by atoms with van der Waals surface area (Å²) in [5.41, 5.74) is 2.42. The normalized spacial score (nSPS) is 11.6. The van der Waals surface area contributed by atoms with Crippen molar-refractivity contribution in [1.82, 2.24) is 19.9 Å². The van der Waals surface area contributed by atoms with Gasteiger partial charge in [0.25, 0.3) is 0 Å². The lowest BCUT2D eigenvalue weighted by molar-refractivity contribution is 0.262. The highest BCUT2D eigenvalue weighted by Crippen LogP contribution is 2.23. The number of aromatic nitrogens is 4. The van der Waals surface area contributed by atoms with Gasteiger partial charge in [-0.15, -0.1) is 0 Å². The molecule has 30 heavy (non-hydrogen) atoms. The van der Waals surface area contributed by atoms with Crippen molar-refractivity contribution in [2.24, 2.45) is 0 Å². The molecular formula is C21H19N7O2. The predicted octanol–water partition coefficient (Wildman–Crippen LogP) is 3.21. The second-order valence-electron chi connectivity index (χ2n) is 6.43. The molecule has 4 aromatic rings. The Kier molecular flexibility index (Phi) is 5.72. The van der Waals surface area contributed by atoms with Crippen LogP contribution in [-0.2, 0) is 0 Å². The number of carbonyl (C=O) groups excluding carboxylic acids is 1. The minimum Gasteiger partial charge on any atom is -0.394 e. The third-order valence-electron chi connectivity index (χ3n) is 4.34. The fraction of sp³-hybridized carbons (Fsp3) is 0.0952. The van der Waals surface area contributed by atoms with Crippen molar-refractivity contribution in [2.45, 2.75) is 6.04 Å². The van der Waals surface area contributed by atoms with E-state index in [4.69, 9.17) is 0 Å². The largest absolute Gasteiger partial charge is 0.394 e. The van der Waals surface area contributed by atoms with E-state index >= 15 is 0 Å². The van der Waals surface area contributed by atoms with Crippen LogP contribution in [0.15, 0.2) is 73.3 Å². The zero-order valence-corrected chi connectivity index (χ0v) is 15.9.